The highest BCUT2D eigenvalue weighted by molar-refractivity contribution is 9.10. The predicted molar refractivity (Wildman–Crippen MR) is 126 cm³/mol. The second-order valence-electron chi connectivity index (χ2n) is 7.91. The molecule has 4 rings (SSSR count). The van der Waals surface area contributed by atoms with E-state index in [2.05, 4.69) is 20.8 Å². The van der Waals surface area contributed by atoms with Crippen molar-refractivity contribution in [3.8, 4) is 5.75 Å². The lowest BCUT2D eigenvalue weighted by molar-refractivity contribution is -0.140. The summed E-state index contributed by atoms with van der Waals surface area (Å²) < 4.78 is 11.9. The zero-order valence-corrected chi connectivity index (χ0v) is 19.8. The van der Waals surface area contributed by atoms with Gasteiger partial charge >= 0.3 is 0 Å². The number of carbonyl (C=O) groups is 3. The number of ether oxygens (including phenoxy) is 2. The maximum absolute atomic E-state index is 13.3. The number of imide groups is 1. The van der Waals surface area contributed by atoms with E-state index in [0.29, 0.717) is 37.7 Å². The molecule has 0 saturated carbocycles. The molecule has 2 saturated heterocycles. The monoisotopic (exact) mass is 515 g/mol. The number of amides is 3. The van der Waals surface area contributed by atoms with Gasteiger partial charge in [0.15, 0.2) is 6.61 Å². The maximum atomic E-state index is 13.3. The Bertz CT molecular complexity index is 979. The number of nitrogens with zero attached hydrogens (tertiary/aromatic N) is 3. The van der Waals surface area contributed by atoms with Crippen LogP contribution in [-0.4, -0.2) is 79.6 Å². The lowest BCUT2D eigenvalue weighted by Gasteiger charge is -2.32. The van der Waals surface area contributed by atoms with Gasteiger partial charge in [0, 0.05) is 30.7 Å². The molecular weight excluding hydrogens is 490 g/mol. The Kier molecular flexibility index (Phi) is 7.74. The molecule has 0 aromatic heterocycles. The van der Waals surface area contributed by atoms with E-state index in [4.69, 9.17) is 9.47 Å². The van der Waals surface area contributed by atoms with E-state index < -0.39 is 11.9 Å². The Morgan fingerprint density at radius 3 is 2.45 bits per heavy atom. The molecule has 1 atom stereocenters. The molecule has 33 heavy (non-hydrogen) atoms. The summed E-state index contributed by atoms with van der Waals surface area (Å²) in [7, 11) is 0. The molecule has 8 nitrogen and oxygen atoms in total. The first-order valence-corrected chi connectivity index (χ1v) is 11.7. The highest BCUT2D eigenvalue weighted by atomic mass is 79.9. The highest BCUT2D eigenvalue weighted by Gasteiger charge is 2.44. The molecule has 2 heterocycles. The summed E-state index contributed by atoms with van der Waals surface area (Å²) in [5.74, 6) is -0.460. The summed E-state index contributed by atoms with van der Waals surface area (Å²) in [5, 5.41) is 0. The summed E-state index contributed by atoms with van der Waals surface area (Å²) >= 11 is 3.36. The second-order valence-corrected chi connectivity index (χ2v) is 8.82. The van der Waals surface area contributed by atoms with Gasteiger partial charge in [-0.05, 0) is 36.4 Å². The molecule has 2 aromatic rings. The second kappa shape index (κ2) is 10.9. The molecule has 2 aliphatic rings. The summed E-state index contributed by atoms with van der Waals surface area (Å²) in [6.07, 6.45) is -0.0465. The molecule has 9 heteroatoms. The van der Waals surface area contributed by atoms with Crippen LogP contribution < -0.4 is 9.64 Å². The average Bonchev–Trinajstić information content (AvgIpc) is 3.13. The third kappa shape index (κ3) is 5.79. The minimum absolute atomic E-state index is 0.0465. The molecule has 174 valence electrons. The highest BCUT2D eigenvalue weighted by Crippen LogP contribution is 2.27. The van der Waals surface area contributed by atoms with E-state index in [1.807, 2.05) is 18.2 Å². The van der Waals surface area contributed by atoms with E-state index >= 15 is 0 Å². The number of morpholine rings is 1. The minimum Gasteiger partial charge on any atom is -0.484 e. The van der Waals surface area contributed by atoms with Crippen LogP contribution in [-0.2, 0) is 19.1 Å². The fourth-order valence-corrected chi connectivity index (χ4v) is 4.26. The van der Waals surface area contributed by atoms with Gasteiger partial charge in [-0.25, -0.2) is 4.90 Å². The van der Waals surface area contributed by atoms with Crippen molar-refractivity contribution < 1.29 is 23.9 Å². The van der Waals surface area contributed by atoms with Crippen LogP contribution in [0.1, 0.15) is 6.42 Å². The summed E-state index contributed by atoms with van der Waals surface area (Å²) in [6.45, 7) is 3.54. The molecule has 0 spiro atoms. The summed E-state index contributed by atoms with van der Waals surface area (Å²) in [5.41, 5.74) is 0.497. The number of hydrogen-bond acceptors (Lipinski definition) is 6. The Balaban J connectivity index is 1.49. The van der Waals surface area contributed by atoms with Crippen LogP contribution in [0.5, 0.6) is 5.75 Å². The Morgan fingerprint density at radius 1 is 1.06 bits per heavy atom. The third-order valence-corrected chi connectivity index (χ3v) is 6.30. The van der Waals surface area contributed by atoms with Gasteiger partial charge in [0.1, 0.15) is 11.8 Å². The first-order valence-electron chi connectivity index (χ1n) is 10.9. The van der Waals surface area contributed by atoms with Crippen LogP contribution in [0.3, 0.4) is 0 Å². The Labute approximate surface area is 201 Å². The molecule has 2 fully saturated rings. The van der Waals surface area contributed by atoms with Crippen molar-refractivity contribution in [2.45, 2.75) is 12.5 Å². The molecule has 3 amide bonds. The standard InChI is InChI=1S/C24H26BrN3O5/c25-18-6-8-19(9-7-18)28-22(29)16-21(24(28)31)27(11-10-26-12-14-32-15-13-26)23(30)17-33-20-4-2-1-3-5-20/h1-9,21H,10-17H2. The summed E-state index contributed by atoms with van der Waals surface area (Å²) in [6, 6.07) is 15.2. The lowest BCUT2D eigenvalue weighted by atomic mass is 10.2. The molecule has 0 radical (unpaired) electrons. The lowest BCUT2D eigenvalue weighted by Crippen LogP contribution is -2.51. The molecule has 0 bridgehead atoms. The number of halogens is 1. The fraction of sp³-hybridized carbons (Fsp3) is 0.375. The number of anilines is 1. The van der Waals surface area contributed by atoms with Gasteiger partial charge in [0.2, 0.25) is 5.91 Å². The number of benzene rings is 2. The quantitative estimate of drug-likeness (QED) is 0.502. The van der Waals surface area contributed by atoms with E-state index in [1.54, 1.807) is 36.4 Å². The third-order valence-electron chi connectivity index (χ3n) is 5.77. The zero-order chi connectivity index (χ0) is 23.2. The molecule has 0 aliphatic carbocycles. The van der Waals surface area contributed by atoms with Crippen LogP contribution in [0, 0.1) is 0 Å². The molecular formula is C24H26BrN3O5. The number of para-hydroxylation sites is 1. The van der Waals surface area contributed by atoms with E-state index in [-0.39, 0.29) is 24.8 Å². The average molecular weight is 516 g/mol. The molecule has 1 unspecified atom stereocenters. The molecule has 2 aromatic carbocycles. The van der Waals surface area contributed by atoms with Crippen molar-refractivity contribution in [2.75, 3.05) is 50.9 Å². The Hall–Kier alpha value is -2.75. The fourth-order valence-electron chi connectivity index (χ4n) is 3.99. The van der Waals surface area contributed by atoms with Crippen molar-refractivity contribution in [1.82, 2.24) is 9.80 Å². The normalized spacial score (nSPS) is 19.1. The van der Waals surface area contributed by atoms with Gasteiger partial charge < -0.3 is 14.4 Å². The summed E-state index contributed by atoms with van der Waals surface area (Å²) in [4.78, 5) is 44.1. The number of carbonyl (C=O) groups excluding carboxylic acids is 3. The van der Waals surface area contributed by atoms with Crippen LogP contribution >= 0.6 is 15.9 Å². The van der Waals surface area contributed by atoms with Crippen LogP contribution in [0.4, 0.5) is 5.69 Å². The molecule has 0 N–H and O–H groups in total. The molecule has 2 aliphatic heterocycles. The van der Waals surface area contributed by atoms with Crippen molar-refractivity contribution in [2.24, 2.45) is 0 Å². The van der Waals surface area contributed by atoms with E-state index in [0.717, 1.165) is 17.6 Å². The number of rotatable bonds is 8. The van der Waals surface area contributed by atoms with Crippen molar-refractivity contribution >= 4 is 39.3 Å². The van der Waals surface area contributed by atoms with Gasteiger partial charge in [0.05, 0.1) is 25.3 Å². The van der Waals surface area contributed by atoms with Crippen LogP contribution in [0.25, 0.3) is 0 Å². The van der Waals surface area contributed by atoms with Gasteiger partial charge in [0.25, 0.3) is 11.8 Å². The first kappa shape index (κ1) is 23.4. The number of hydrogen-bond donors (Lipinski definition) is 0. The largest absolute Gasteiger partial charge is 0.484 e. The minimum atomic E-state index is -0.853. The smallest absolute Gasteiger partial charge is 0.261 e. The topological polar surface area (TPSA) is 79.4 Å². The predicted octanol–water partition coefficient (Wildman–Crippen LogP) is 2.32. The van der Waals surface area contributed by atoms with Gasteiger partial charge in [-0.3, -0.25) is 19.3 Å². The van der Waals surface area contributed by atoms with Crippen LogP contribution in [0.2, 0.25) is 0 Å². The van der Waals surface area contributed by atoms with E-state index in [9.17, 15) is 14.4 Å². The van der Waals surface area contributed by atoms with Crippen LogP contribution in [0.15, 0.2) is 59.1 Å². The van der Waals surface area contributed by atoms with E-state index in [1.165, 1.54) is 9.80 Å². The maximum Gasteiger partial charge on any atom is 0.261 e. The van der Waals surface area contributed by atoms with Gasteiger partial charge in [-0.15, -0.1) is 0 Å². The van der Waals surface area contributed by atoms with Crippen molar-refractivity contribution in [3.05, 3.63) is 59.1 Å². The zero-order valence-electron chi connectivity index (χ0n) is 18.2. The van der Waals surface area contributed by atoms with Gasteiger partial charge in [-0.2, -0.15) is 0 Å². The SMILES string of the molecule is O=C1CC(N(CCN2CCOCC2)C(=O)COc2ccccc2)C(=O)N1c1ccc(Br)cc1. The Morgan fingerprint density at radius 2 is 1.76 bits per heavy atom. The van der Waals surface area contributed by atoms with Crippen molar-refractivity contribution in [3.63, 3.8) is 0 Å². The van der Waals surface area contributed by atoms with Gasteiger partial charge in [-0.1, -0.05) is 34.1 Å². The first-order chi connectivity index (χ1) is 16.0. The van der Waals surface area contributed by atoms with Crippen molar-refractivity contribution in [1.29, 1.82) is 0 Å².